The van der Waals surface area contributed by atoms with Crippen LogP contribution in [0, 0.1) is 5.92 Å². The van der Waals surface area contributed by atoms with Gasteiger partial charge in [0.15, 0.2) is 0 Å². The molecule has 1 aliphatic heterocycles. The molecule has 3 aliphatic carbocycles. The van der Waals surface area contributed by atoms with Gasteiger partial charge in [0.1, 0.15) is 6.17 Å². The third kappa shape index (κ3) is 5.65. The van der Waals surface area contributed by atoms with Gasteiger partial charge in [-0.25, -0.2) is 12.8 Å². The first kappa shape index (κ1) is 25.9. The fraction of sp³-hybridized carbons (Fsp3) is 0.957. The van der Waals surface area contributed by atoms with Gasteiger partial charge in [0.2, 0.25) is 15.9 Å². The molecular formula is C23H37Cl2FN2O4S. The molecule has 4 fully saturated rings. The second-order valence-corrected chi connectivity index (χ2v) is 14.2. The molecule has 0 spiro atoms. The monoisotopic (exact) mass is 526 g/mol. The zero-order valence-corrected chi connectivity index (χ0v) is 21.8. The molecule has 0 aromatic heterocycles. The van der Waals surface area contributed by atoms with E-state index in [-0.39, 0.29) is 41.4 Å². The molecule has 1 saturated heterocycles. The average Bonchev–Trinajstić information content (AvgIpc) is 2.73. The summed E-state index contributed by atoms with van der Waals surface area (Å²) in [6, 6.07) is -0.493. The van der Waals surface area contributed by atoms with Crippen LogP contribution in [0.1, 0.15) is 78.1 Å². The lowest BCUT2D eigenvalue weighted by Crippen LogP contribution is -2.65. The molecule has 0 radical (unpaired) electrons. The maximum atomic E-state index is 13.7. The summed E-state index contributed by atoms with van der Waals surface area (Å²) in [5, 5.41) is 2.02. The second kappa shape index (κ2) is 10.1. The predicted octanol–water partition coefficient (Wildman–Crippen LogP) is 4.13. The molecular weight excluding hydrogens is 490 g/mol. The van der Waals surface area contributed by atoms with Gasteiger partial charge in [0.25, 0.3) is 0 Å². The number of amides is 1. The number of rotatable bonds is 4. The summed E-state index contributed by atoms with van der Waals surface area (Å²) < 4.78 is 48.9. The fourth-order valence-electron chi connectivity index (χ4n) is 6.14. The molecule has 4 aliphatic rings. The Morgan fingerprint density at radius 2 is 1.67 bits per heavy atom. The molecule has 33 heavy (non-hydrogen) atoms. The molecule has 6 nitrogen and oxygen atoms in total. The van der Waals surface area contributed by atoms with Crippen molar-refractivity contribution in [2.75, 3.05) is 6.54 Å². The number of ether oxygens (including phenoxy) is 1. The summed E-state index contributed by atoms with van der Waals surface area (Å²) in [6.45, 7) is 4.10. The van der Waals surface area contributed by atoms with E-state index in [0.717, 1.165) is 25.7 Å². The Balaban J connectivity index is 1.49. The van der Waals surface area contributed by atoms with Gasteiger partial charge in [-0.1, -0.05) is 6.42 Å². The topological polar surface area (TPSA) is 75.7 Å². The van der Waals surface area contributed by atoms with Crippen molar-refractivity contribution in [2.24, 2.45) is 5.92 Å². The second-order valence-electron chi connectivity index (χ2n) is 11.0. The summed E-state index contributed by atoms with van der Waals surface area (Å²) in [4.78, 5) is 13.0. The number of nitrogens with one attached hydrogen (secondary N) is 1. The number of alkyl halides is 3. The third-order valence-corrected chi connectivity index (χ3v) is 11.2. The van der Waals surface area contributed by atoms with Gasteiger partial charge in [-0.3, -0.25) is 4.79 Å². The van der Waals surface area contributed by atoms with Crippen LogP contribution >= 0.6 is 23.2 Å². The highest BCUT2D eigenvalue weighted by molar-refractivity contribution is 7.89. The Kier molecular flexibility index (Phi) is 7.92. The number of halogens is 3. The van der Waals surface area contributed by atoms with Crippen LogP contribution < -0.4 is 5.32 Å². The highest BCUT2D eigenvalue weighted by Gasteiger charge is 2.50. The minimum atomic E-state index is -3.61. The number of hydrogen-bond donors (Lipinski definition) is 1. The van der Waals surface area contributed by atoms with Crippen LogP contribution in [0.3, 0.4) is 0 Å². The smallest absolute Gasteiger partial charge is 0.226 e. The van der Waals surface area contributed by atoms with Crippen LogP contribution in [0.2, 0.25) is 0 Å². The molecule has 5 unspecified atom stereocenters. The zero-order chi connectivity index (χ0) is 24.0. The van der Waals surface area contributed by atoms with Gasteiger partial charge in [0, 0.05) is 23.3 Å². The number of sulfonamides is 1. The maximum absolute atomic E-state index is 13.7. The zero-order valence-electron chi connectivity index (χ0n) is 19.5. The number of morpholine rings is 1. The third-order valence-electron chi connectivity index (χ3n) is 7.87. The Morgan fingerprint density at radius 1 is 1.03 bits per heavy atom. The van der Waals surface area contributed by atoms with Gasteiger partial charge in [-0.2, -0.15) is 4.31 Å². The van der Waals surface area contributed by atoms with Crippen molar-refractivity contribution in [3.05, 3.63) is 0 Å². The van der Waals surface area contributed by atoms with E-state index < -0.39 is 33.0 Å². The van der Waals surface area contributed by atoms with E-state index >= 15 is 0 Å². The molecule has 5 atom stereocenters. The van der Waals surface area contributed by atoms with Crippen molar-refractivity contribution < 1.29 is 22.3 Å². The number of fused-ring (bicyclic) bond motifs is 1. The molecule has 3 saturated carbocycles. The van der Waals surface area contributed by atoms with Gasteiger partial charge in [0.05, 0.1) is 28.9 Å². The summed E-state index contributed by atoms with van der Waals surface area (Å²) in [6.07, 6.45) is 4.53. The first-order valence-corrected chi connectivity index (χ1v) is 14.8. The van der Waals surface area contributed by atoms with E-state index in [1.165, 1.54) is 0 Å². The highest BCUT2D eigenvalue weighted by Crippen LogP contribution is 2.40. The molecule has 1 amide bonds. The van der Waals surface area contributed by atoms with E-state index in [9.17, 15) is 17.6 Å². The number of nitrogens with zero attached hydrogens (tertiary/aromatic N) is 1. The summed E-state index contributed by atoms with van der Waals surface area (Å²) in [5.41, 5.74) is -0.596. The Morgan fingerprint density at radius 3 is 2.30 bits per heavy atom. The van der Waals surface area contributed by atoms with E-state index in [0.29, 0.717) is 38.5 Å². The van der Waals surface area contributed by atoms with E-state index in [2.05, 4.69) is 5.32 Å². The fourth-order valence-corrected chi connectivity index (χ4v) is 9.44. The first-order valence-electron chi connectivity index (χ1n) is 12.4. The number of carbonyl (C=O) groups is 1. The standard InChI is InChI=1S/C23H37Cl2FN2O4S/c1-23(2)13-28(33(30,31)16-9-6-14(26)7-10-16)19-12-15(8-11-20(19)32-23)27-22(29)21-17(24)4-3-5-18(21)25/h14-21H,3-13H2,1-2H3,(H,27,29). The van der Waals surface area contributed by atoms with Crippen LogP contribution in [-0.4, -0.2) is 71.1 Å². The summed E-state index contributed by atoms with van der Waals surface area (Å²) >= 11 is 12.9. The van der Waals surface area contributed by atoms with Crippen LogP contribution in [0.4, 0.5) is 4.39 Å². The molecule has 1 heterocycles. The van der Waals surface area contributed by atoms with Crippen molar-refractivity contribution in [3.63, 3.8) is 0 Å². The minimum Gasteiger partial charge on any atom is -0.369 e. The lowest BCUT2D eigenvalue weighted by Gasteiger charge is -2.51. The molecule has 0 bridgehead atoms. The minimum absolute atomic E-state index is 0.133. The summed E-state index contributed by atoms with van der Waals surface area (Å²) in [5.74, 6) is -0.567. The Labute approximate surface area is 207 Å². The Bertz CT molecular complexity index is 811. The number of hydrogen-bond acceptors (Lipinski definition) is 4. The SMILES string of the molecule is CC1(C)CN(S(=O)(=O)C2CCC(F)CC2)C2CC(NC(=O)C3C(Cl)CCCC3Cl)CCC2O1. The van der Waals surface area contributed by atoms with Crippen molar-refractivity contribution in [3.8, 4) is 0 Å². The maximum Gasteiger partial charge on any atom is 0.226 e. The van der Waals surface area contributed by atoms with Gasteiger partial charge < -0.3 is 10.1 Å². The van der Waals surface area contributed by atoms with Gasteiger partial charge >= 0.3 is 0 Å². The largest absolute Gasteiger partial charge is 0.369 e. The van der Waals surface area contributed by atoms with Crippen molar-refractivity contribution in [1.82, 2.24) is 9.62 Å². The first-order chi connectivity index (χ1) is 15.5. The van der Waals surface area contributed by atoms with Crippen LogP contribution in [0.5, 0.6) is 0 Å². The molecule has 0 aromatic rings. The molecule has 0 aromatic carbocycles. The molecule has 4 rings (SSSR count). The van der Waals surface area contributed by atoms with E-state index in [1.807, 2.05) is 13.8 Å². The lowest BCUT2D eigenvalue weighted by molar-refractivity contribution is -0.158. The van der Waals surface area contributed by atoms with E-state index in [1.54, 1.807) is 4.31 Å². The molecule has 1 N–H and O–H groups in total. The lowest BCUT2D eigenvalue weighted by atomic mass is 9.84. The predicted molar refractivity (Wildman–Crippen MR) is 128 cm³/mol. The highest BCUT2D eigenvalue weighted by atomic mass is 35.5. The number of carbonyl (C=O) groups excluding carboxylic acids is 1. The van der Waals surface area contributed by atoms with E-state index in [4.69, 9.17) is 27.9 Å². The quantitative estimate of drug-likeness (QED) is 0.558. The van der Waals surface area contributed by atoms with Gasteiger partial charge in [-0.15, -0.1) is 23.2 Å². The Hall–Kier alpha value is -0.150. The molecule has 10 heteroatoms. The van der Waals surface area contributed by atoms with Crippen LogP contribution in [0.15, 0.2) is 0 Å². The summed E-state index contributed by atoms with van der Waals surface area (Å²) in [7, 11) is -3.61. The average molecular weight is 528 g/mol. The van der Waals surface area contributed by atoms with Gasteiger partial charge in [-0.05, 0) is 71.6 Å². The van der Waals surface area contributed by atoms with Crippen LogP contribution in [-0.2, 0) is 19.6 Å². The normalized spacial score (nSPS) is 42.3. The van der Waals surface area contributed by atoms with Crippen molar-refractivity contribution in [1.29, 1.82) is 0 Å². The van der Waals surface area contributed by atoms with Crippen molar-refractivity contribution in [2.45, 2.75) is 124 Å². The van der Waals surface area contributed by atoms with Crippen molar-refractivity contribution >= 4 is 39.1 Å². The van der Waals surface area contributed by atoms with Crippen LogP contribution in [0.25, 0.3) is 0 Å². The molecule has 190 valence electrons.